The second-order valence-electron chi connectivity index (χ2n) is 6.61. The van der Waals surface area contributed by atoms with E-state index < -0.39 is 0 Å². The third kappa shape index (κ3) is 3.76. The third-order valence-electron chi connectivity index (χ3n) is 5.08. The molecule has 1 aliphatic rings. The molecule has 0 atom stereocenters. The maximum Gasteiger partial charge on any atom is 0.260 e. The van der Waals surface area contributed by atoms with Crippen LogP contribution in [-0.4, -0.2) is 39.1 Å². The van der Waals surface area contributed by atoms with E-state index >= 15 is 0 Å². The lowest BCUT2D eigenvalue weighted by atomic mass is 9.97. The summed E-state index contributed by atoms with van der Waals surface area (Å²) in [6.45, 7) is 7.77. The number of aromatic amines is 1. The number of nitrogens with one attached hydrogen (secondary N) is 2. The summed E-state index contributed by atoms with van der Waals surface area (Å²) in [5, 5.41) is 14.6. The van der Waals surface area contributed by atoms with E-state index in [0.29, 0.717) is 23.3 Å². The van der Waals surface area contributed by atoms with Crippen molar-refractivity contribution in [1.29, 1.82) is 0 Å². The van der Waals surface area contributed by atoms with Gasteiger partial charge in [-0.2, -0.15) is 10.2 Å². The number of amides is 1. The smallest absolute Gasteiger partial charge is 0.260 e. The fourth-order valence-electron chi connectivity index (χ4n) is 3.45. The van der Waals surface area contributed by atoms with E-state index in [1.165, 1.54) is 0 Å². The topological polar surface area (TPSA) is 84.8 Å². The number of aromatic nitrogens is 4. The van der Waals surface area contributed by atoms with Gasteiger partial charge in [0, 0.05) is 36.6 Å². The number of hydrogen-bond donors (Lipinski definition) is 2. The van der Waals surface area contributed by atoms with Crippen molar-refractivity contribution in [2.45, 2.75) is 58.4 Å². The average molecular weight is 345 g/mol. The number of carbonyl (C=O) groups is 1. The monoisotopic (exact) mass is 345 g/mol. The van der Waals surface area contributed by atoms with Crippen LogP contribution in [0.2, 0.25) is 0 Å². The number of rotatable bonds is 6. The van der Waals surface area contributed by atoms with Crippen LogP contribution in [0.1, 0.15) is 73.2 Å². The SMILES string of the molecule is CCC(CC)n1ncc(C(=O)Nc2cc(C3CCOCC3)[nH]n2)c1C. The zero-order chi connectivity index (χ0) is 17.8. The quantitative estimate of drug-likeness (QED) is 0.840. The third-order valence-corrected chi connectivity index (χ3v) is 5.08. The second-order valence-corrected chi connectivity index (χ2v) is 6.61. The van der Waals surface area contributed by atoms with Crippen LogP contribution in [0.3, 0.4) is 0 Å². The molecule has 136 valence electrons. The van der Waals surface area contributed by atoms with Gasteiger partial charge in [-0.05, 0) is 32.6 Å². The molecule has 0 radical (unpaired) electrons. The van der Waals surface area contributed by atoms with Gasteiger partial charge in [-0.3, -0.25) is 14.6 Å². The second kappa shape index (κ2) is 7.82. The molecule has 2 aromatic heterocycles. The standard InChI is InChI=1S/C18H27N5O2/c1-4-14(5-2)23-12(3)15(11-19-23)18(24)20-17-10-16(21-22-17)13-6-8-25-9-7-13/h10-11,13-14H,4-9H2,1-3H3,(H2,20,21,22,24). The molecule has 7 nitrogen and oxygen atoms in total. The maximum atomic E-state index is 12.6. The summed E-state index contributed by atoms with van der Waals surface area (Å²) in [7, 11) is 0. The summed E-state index contributed by atoms with van der Waals surface area (Å²) < 4.78 is 7.34. The first kappa shape index (κ1) is 17.7. The molecule has 0 spiro atoms. The van der Waals surface area contributed by atoms with Gasteiger partial charge in [-0.15, -0.1) is 0 Å². The van der Waals surface area contributed by atoms with Gasteiger partial charge in [-0.1, -0.05) is 13.8 Å². The molecular weight excluding hydrogens is 318 g/mol. The molecule has 1 saturated heterocycles. The number of nitrogens with zero attached hydrogens (tertiary/aromatic N) is 3. The normalized spacial score (nSPS) is 15.7. The average Bonchev–Trinajstić information content (AvgIpc) is 3.24. The predicted octanol–water partition coefficient (Wildman–Crippen LogP) is 3.42. The zero-order valence-electron chi connectivity index (χ0n) is 15.2. The van der Waals surface area contributed by atoms with E-state index in [2.05, 4.69) is 34.5 Å². The largest absolute Gasteiger partial charge is 0.381 e. The van der Waals surface area contributed by atoms with Crippen molar-refractivity contribution in [2.24, 2.45) is 0 Å². The Kier molecular flexibility index (Phi) is 5.53. The van der Waals surface area contributed by atoms with Crippen LogP contribution in [-0.2, 0) is 4.74 Å². The van der Waals surface area contributed by atoms with Gasteiger partial charge in [0.25, 0.3) is 5.91 Å². The maximum absolute atomic E-state index is 12.6. The van der Waals surface area contributed by atoms with Gasteiger partial charge in [0.15, 0.2) is 5.82 Å². The number of ether oxygens (including phenoxy) is 1. The number of carbonyl (C=O) groups excluding carboxylic acids is 1. The molecule has 0 unspecified atom stereocenters. The number of hydrogen-bond acceptors (Lipinski definition) is 4. The van der Waals surface area contributed by atoms with Crippen molar-refractivity contribution in [3.63, 3.8) is 0 Å². The van der Waals surface area contributed by atoms with Crippen LogP contribution in [0.4, 0.5) is 5.82 Å². The van der Waals surface area contributed by atoms with Crippen LogP contribution >= 0.6 is 0 Å². The Morgan fingerprint density at radius 2 is 2.12 bits per heavy atom. The van der Waals surface area contributed by atoms with Gasteiger partial charge >= 0.3 is 0 Å². The van der Waals surface area contributed by atoms with Crippen molar-refractivity contribution < 1.29 is 9.53 Å². The molecule has 25 heavy (non-hydrogen) atoms. The molecule has 1 fully saturated rings. The number of anilines is 1. The first-order chi connectivity index (χ1) is 12.1. The first-order valence-corrected chi connectivity index (χ1v) is 9.12. The summed E-state index contributed by atoms with van der Waals surface area (Å²) in [4.78, 5) is 12.6. The molecule has 0 aliphatic carbocycles. The van der Waals surface area contributed by atoms with E-state index in [-0.39, 0.29) is 5.91 Å². The molecule has 0 bridgehead atoms. The summed E-state index contributed by atoms with van der Waals surface area (Å²) >= 11 is 0. The van der Waals surface area contributed by atoms with Crippen molar-refractivity contribution in [2.75, 3.05) is 18.5 Å². The summed E-state index contributed by atoms with van der Waals surface area (Å²) in [5.41, 5.74) is 2.55. The predicted molar refractivity (Wildman–Crippen MR) is 95.9 cm³/mol. The zero-order valence-corrected chi connectivity index (χ0v) is 15.2. The van der Waals surface area contributed by atoms with Gasteiger partial charge < -0.3 is 10.1 Å². The minimum Gasteiger partial charge on any atom is -0.381 e. The highest BCUT2D eigenvalue weighted by atomic mass is 16.5. The van der Waals surface area contributed by atoms with E-state index in [1.54, 1.807) is 6.20 Å². The Morgan fingerprint density at radius 1 is 1.40 bits per heavy atom. The van der Waals surface area contributed by atoms with Crippen LogP contribution in [0.15, 0.2) is 12.3 Å². The highest BCUT2D eigenvalue weighted by Gasteiger charge is 2.21. The van der Waals surface area contributed by atoms with Crippen LogP contribution in [0.5, 0.6) is 0 Å². The van der Waals surface area contributed by atoms with Crippen LogP contribution in [0, 0.1) is 6.92 Å². The molecule has 0 saturated carbocycles. The molecule has 2 aromatic rings. The van der Waals surface area contributed by atoms with Gasteiger partial charge in [0.1, 0.15) is 0 Å². The Balaban J connectivity index is 1.69. The van der Waals surface area contributed by atoms with Crippen molar-refractivity contribution >= 4 is 11.7 Å². The fourth-order valence-corrected chi connectivity index (χ4v) is 3.45. The Hall–Kier alpha value is -2.15. The molecule has 3 heterocycles. The molecule has 1 amide bonds. The van der Waals surface area contributed by atoms with Gasteiger partial charge in [-0.25, -0.2) is 0 Å². The van der Waals surface area contributed by atoms with Crippen molar-refractivity contribution in [1.82, 2.24) is 20.0 Å². The number of H-pyrrole nitrogens is 1. The van der Waals surface area contributed by atoms with Crippen molar-refractivity contribution in [3.8, 4) is 0 Å². The van der Waals surface area contributed by atoms with E-state index in [4.69, 9.17) is 4.74 Å². The molecule has 3 rings (SSSR count). The minimum absolute atomic E-state index is 0.167. The minimum atomic E-state index is -0.167. The highest BCUT2D eigenvalue weighted by molar-refractivity contribution is 6.04. The van der Waals surface area contributed by atoms with E-state index in [9.17, 15) is 4.79 Å². The summed E-state index contributed by atoms with van der Waals surface area (Å²) in [5.74, 6) is 0.812. The summed E-state index contributed by atoms with van der Waals surface area (Å²) in [6, 6.07) is 2.25. The fraction of sp³-hybridized carbons (Fsp3) is 0.611. The lowest BCUT2D eigenvalue weighted by Crippen LogP contribution is -2.15. The molecule has 0 aromatic carbocycles. The Morgan fingerprint density at radius 3 is 2.80 bits per heavy atom. The summed E-state index contributed by atoms with van der Waals surface area (Å²) in [6.07, 6.45) is 5.60. The van der Waals surface area contributed by atoms with Gasteiger partial charge in [0.2, 0.25) is 0 Å². The van der Waals surface area contributed by atoms with Crippen molar-refractivity contribution in [3.05, 3.63) is 29.2 Å². The Bertz CT molecular complexity index is 711. The first-order valence-electron chi connectivity index (χ1n) is 9.12. The van der Waals surface area contributed by atoms with Crippen LogP contribution < -0.4 is 5.32 Å². The highest BCUT2D eigenvalue weighted by Crippen LogP contribution is 2.27. The van der Waals surface area contributed by atoms with Gasteiger partial charge in [0.05, 0.1) is 17.8 Å². The molecule has 1 aliphatic heterocycles. The van der Waals surface area contributed by atoms with Crippen LogP contribution in [0.25, 0.3) is 0 Å². The van der Waals surface area contributed by atoms with E-state index in [0.717, 1.165) is 50.3 Å². The van der Waals surface area contributed by atoms with E-state index in [1.807, 2.05) is 17.7 Å². The molecular formula is C18H27N5O2. The lowest BCUT2D eigenvalue weighted by molar-refractivity contribution is 0.0845. The molecule has 2 N–H and O–H groups in total. The lowest BCUT2D eigenvalue weighted by Gasteiger charge is -2.20. The Labute approximate surface area is 148 Å². The molecule has 7 heteroatoms.